The number of carbonyl (C=O) groups is 4. The number of rotatable bonds is 7. The number of ether oxygens (including phenoxy) is 1. The van der Waals surface area contributed by atoms with Crippen molar-refractivity contribution in [3.63, 3.8) is 0 Å². The summed E-state index contributed by atoms with van der Waals surface area (Å²) in [6.45, 7) is 1.35. The molecule has 3 fully saturated rings. The van der Waals surface area contributed by atoms with E-state index in [0.717, 1.165) is 29.4 Å². The first kappa shape index (κ1) is 28.2. The number of nitrogens with zero attached hydrogens (tertiary/aromatic N) is 2. The topological polar surface area (TPSA) is 124 Å². The normalized spacial score (nSPS) is 21.7. The summed E-state index contributed by atoms with van der Waals surface area (Å²) in [6.07, 6.45) is 5.87. The Morgan fingerprint density at radius 2 is 1.69 bits per heavy atom. The second-order valence-electron chi connectivity index (χ2n) is 11.3. The summed E-state index contributed by atoms with van der Waals surface area (Å²) in [6, 6.07) is 11.3. The lowest BCUT2D eigenvalue weighted by atomic mass is 9.97. The summed E-state index contributed by atoms with van der Waals surface area (Å²) in [5, 5.41) is 7.56. The quantitative estimate of drug-likeness (QED) is 0.387. The lowest BCUT2D eigenvalue weighted by molar-refractivity contribution is -0.146. The number of carbonyl (C=O) groups excluding carboxylic acids is 4. The Morgan fingerprint density at radius 1 is 0.976 bits per heavy atom. The molecule has 2 saturated heterocycles. The smallest absolute Gasteiger partial charge is 0.254 e. The fourth-order valence-electron chi connectivity index (χ4n) is 5.97. The van der Waals surface area contributed by atoms with Crippen LogP contribution in [0, 0.1) is 0 Å². The molecule has 3 N–H and O–H groups in total. The van der Waals surface area contributed by atoms with Crippen LogP contribution in [0.2, 0.25) is 5.02 Å². The third kappa shape index (κ3) is 5.48. The van der Waals surface area contributed by atoms with Crippen molar-refractivity contribution in [2.75, 3.05) is 31.6 Å². The van der Waals surface area contributed by atoms with Crippen LogP contribution in [0.15, 0.2) is 48.7 Å². The molecule has 4 amide bonds. The number of aromatic nitrogens is 1. The first-order valence-electron chi connectivity index (χ1n) is 14.4. The van der Waals surface area contributed by atoms with Crippen LogP contribution in [-0.2, 0) is 14.3 Å². The molecule has 3 aliphatic rings. The number of H-pyrrole nitrogens is 1. The fourth-order valence-corrected chi connectivity index (χ4v) is 6.19. The summed E-state index contributed by atoms with van der Waals surface area (Å²) < 4.78 is 5.52. The van der Waals surface area contributed by atoms with E-state index in [1.807, 2.05) is 0 Å². The third-order valence-electron chi connectivity index (χ3n) is 8.68. The van der Waals surface area contributed by atoms with Crippen molar-refractivity contribution in [3.8, 4) is 0 Å². The number of nitrogens with one attached hydrogen (secondary N) is 3. The Balaban J connectivity index is 1.18. The van der Waals surface area contributed by atoms with Gasteiger partial charge in [-0.2, -0.15) is 0 Å². The van der Waals surface area contributed by atoms with Gasteiger partial charge in [-0.05, 0) is 68.5 Å². The number of hydrogen-bond donors (Lipinski definition) is 3. The SMILES string of the molecule is COC1(C(=O)N2CC[C@@H](NC(=O)c3ccc4c(Cl)c[nH]c4c3)[C@@H](NC(=O)c3ccc(N4CCCCC4=O)cc3)C2)CC1. The minimum absolute atomic E-state index is 0.0846. The lowest BCUT2D eigenvalue weighted by Gasteiger charge is -2.40. The summed E-state index contributed by atoms with van der Waals surface area (Å²) in [4.78, 5) is 58.8. The highest BCUT2D eigenvalue weighted by molar-refractivity contribution is 6.35. The Bertz CT molecular complexity index is 1530. The van der Waals surface area contributed by atoms with Crippen molar-refractivity contribution in [3.05, 3.63) is 64.8 Å². The van der Waals surface area contributed by atoms with Gasteiger partial charge in [0.05, 0.1) is 17.1 Å². The third-order valence-corrected chi connectivity index (χ3v) is 8.99. The highest BCUT2D eigenvalue weighted by atomic mass is 35.5. The Hall–Kier alpha value is -3.89. The van der Waals surface area contributed by atoms with Gasteiger partial charge >= 0.3 is 0 Å². The van der Waals surface area contributed by atoms with Crippen LogP contribution >= 0.6 is 11.6 Å². The summed E-state index contributed by atoms with van der Waals surface area (Å²) in [7, 11) is 1.55. The molecule has 3 heterocycles. The van der Waals surface area contributed by atoms with Gasteiger partial charge in [0.15, 0.2) is 0 Å². The van der Waals surface area contributed by atoms with E-state index in [4.69, 9.17) is 16.3 Å². The maximum atomic E-state index is 13.4. The van der Waals surface area contributed by atoms with Crippen molar-refractivity contribution >= 4 is 51.8 Å². The monoisotopic (exact) mass is 591 g/mol. The first-order valence-corrected chi connectivity index (χ1v) is 14.8. The number of hydrogen-bond acceptors (Lipinski definition) is 5. The number of benzene rings is 2. The van der Waals surface area contributed by atoms with Gasteiger partial charge in [-0.1, -0.05) is 17.7 Å². The summed E-state index contributed by atoms with van der Waals surface area (Å²) >= 11 is 6.19. The zero-order valence-corrected chi connectivity index (χ0v) is 24.2. The van der Waals surface area contributed by atoms with E-state index in [0.29, 0.717) is 54.9 Å². The van der Waals surface area contributed by atoms with Crippen LogP contribution in [0.1, 0.15) is 59.2 Å². The number of aromatic amines is 1. The number of methoxy groups -OCH3 is 1. The molecule has 0 bridgehead atoms. The highest BCUT2D eigenvalue weighted by Crippen LogP contribution is 2.41. The minimum Gasteiger partial charge on any atom is -0.368 e. The summed E-state index contributed by atoms with van der Waals surface area (Å²) in [5.41, 5.74) is 1.64. The van der Waals surface area contributed by atoms with E-state index < -0.39 is 17.7 Å². The maximum absolute atomic E-state index is 13.4. The Labute approximate surface area is 248 Å². The van der Waals surface area contributed by atoms with Crippen LogP contribution in [-0.4, -0.2) is 77.9 Å². The molecule has 0 spiro atoms. The largest absolute Gasteiger partial charge is 0.368 e. The van der Waals surface area contributed by atoms with Gasteiger partial charge in [-0.15, -0.1) is 0 Å². The van der Waals surface area contributed by atoms with E-state index in [9.17, 15) is 19.2 Å². The molecule has 1 saturated carbocycles. The predicted octanol–water partition coefficient (Wildman–Crippen LogP) is 3.65. The van der Waals surface area contributed by atoms with E-state index in [1.54, 1.807) is 65.6 Å². The predicted molar refractivity (Wildman–Crippen MR) is 159 cm³/mol. The van der Waals surface area contributed by atoms with Crippen molar-refractivity contribution < 1.29 is 23.9 Å². The average Bonchev–Trinajstić information content (AvgIpc) is 3.73. The molecule has 6 rings (SSSR count). The Kier molecular flexibility index (Phi) is 7.67. The van der Waals surface area contributed by atoms with Crippen molar-refractivity contribution in [1.82, 2.24) is 20.5 Å². The summed E-state index contributed by atoms with van der Waals surface area (Å²) in [5.74, 6) is -0.594. The molecule has 2 atom stereocenters. The van der Waals surface area contributed by atoms with Crippen LogP contribution in [0.5, 0.6) is 0 Å². The van der Waals surface area contributed by atoms with Gasteiger partial charge in [-0.25, -0.2) is 0 Å². The second kappa shape index (κ2) is 11.4. The van der Waals surface area contributed by atoms with Gasteiger partial charge < -0.3 is 30.2 Å². The van der Waals surface area contributed by atoms with Crippen LogP contribution in [0.25, 0.3) is 10.9 Å². The van der Waals surface area contributed by atoms with Gasteiger partial charge in [0.2, 0.25) is 5.91 Å². The van der Waals surface area contributed by atoms with Crippen LogP contribution in [0.4, 0.5) is 5.69 Å². The first-order chi connectivity index (χ1) is 20.3. The average molecular weight is 592 g/mol. The van der Waals surface area contributed by atoms with Crippen LogP contribution in [0.3, 0.4) is 0 Å². The number of likely N-dealkylation sites (tertiary alicyclic amines) is 1. The van der Waals surface area contributed by atoms with Gasteiger partial charge in [-0.3, -0.25) is 19.2 Å². The molecule has 0 unspecified atom stereocenters. The molecule has 2 aliphatic heterocycles. The van der Waals surface area contributed by atoms with Gasteiger partial charge in [0.25, 0.3) is 17.7 Å². The molecular formula is C31H34ClN5O5. The lowest BCUT2D eigenvalue weighted by Crippen LogP contribution is -2.62. The van der Waals surface area contributed by atoms with E-state index in [2.05, 4.69) is 15.6 Å². The molecule has 3 aromatic rings. The molecule has 11 heteroatoms. The number of fused-ring (bicyclic) bond motifs is 1. The molecule has 1 aliphatic carbocycles. The van der Waals surface area contributed by atoms with Crippen molar-refractivity contribution in [2.24, 2.45) is 0 Å². The number of amides is 4. The minimum atomic E-state index is -0.779. The van der Waals surface area contributed by atoms with Gasteiger partial charge in [0, 0.05) is 67.1 Å². The highest BCUT2D eigenvalue weighted by Gasteiger charge is 2.53. The maximum Gasteiger partial charge on any atom is 0.254 e. The molecule has 10 nitrogen and oxygen atoms in total. The van der Waals surface area contributed by atoms with Crippen molar-refractivity contribution in [2.45, 2.75) is 56.2 Å². The fraction of sp³-hybridized carbons (Fsp3) is 0.419. The zero-order chi connectivity index (χ0) is 29.4. The zero-order valence-electron chi connectivity index (χ0n) is 23.5. The second-order valence-corrected chi connectivity index (χ2v) is 11.8. The standard InChI is InChI=1S/C31H34ClN5O5/c1-42-31(12-13-31)30(41)36-15-11-24(34-29(40)20-7-10-22-23(32)17-33-25(22)16-20)26(18-36)35-28(39)19-5-8-21(9-6-19)37-14-3-2-4-27(37)38/h5-10,16-17,24,26,33H,2-4,11-15,18H2,1H3,(H,34,40)(H,35,39)/t24-,26+/m1/s1. The number of halogens is 1. The van der Waals surface area contributed by atoms with Crippen molar-refractivity contribution in [1.29, 1.82) is 0 Å². The Morgan fingerprint density at radius 3 is 2.40 bits per heavy atom. The number of anilines is 1. The van der Waals surface area contributed by atoms with E-state index >= 15 is 0 Å². The van der Waals surface area contributed by atoms with E-state index in [-0.39, 0.29) is 30.2 Å². The van der Waals surface area contributed by atoms with Crippen LogP contribution < -0.4 is 15.5 Å². The molecule has 42 heavy (non-hydrogen) atoms. The molecular weight excluding hydrogens is 558 g/mol. The molecule has 2 aromatic carbocycles. The van der Waals surface area contributed by atoms with E-state index in [1.165, 1.54) is 0 Å². The molecule has 0 radical (unpaired) electrons. The number of piperidine rings is 2. The van der Waals surface area contributed by atoms with Gasteiger partial charge in [0.1, 0.15) is 5.60 Å². The molecule has 1 aromatic heterocycles. The molecule has 220 valence electrons.